The van der Waals surface area contributed by atoms with Crippen molar-refractivity contribution >= 4 is 12.0 Å². The van der Waals surface area contributed by atoms with Crippen molar-refractivity contribution in [2.45, 2.75) is 44.6 Å². The maximum Gasteiger partial charge on any atom is 0.410 e. The molecule has 6 heteroatoms. The predicted molar refractivity (Wildman–Crippen MR) is 84.9 cm³/mol. The van der Waals surface area contributed by atoms with Crippen LogP contribution in [0.4, 0.5) is 4.79 Å². The fraction of sp³-hybridized carbons (Fsp3) is 0.882. The summed E-state index contributed by atoms with van der Waals surface area (Å²) >= 11 is 0. The van der Waals surface area contributed by atoms with Crippen molar-refractivity contribution in [2.24, 2.45) is 11.3 Å². The third kappa shape index (κ3) is 2.51. The number of hydrogen-bond acceptors (Lipinski definition) is 4. The monoisotopic (exact) mass is 321 g/mol. The van der Waals surface area contributed by atoms with Crippen LogP contribution in [0.25, 0.3) is 0 Å². The molecule has 2 amide bonds. The fourth-order valence-electron chi connectivity index (χ4n) is 4.72. The van der Waals surface area contributed by atoms with Gasteiger partial charge in [-0.05, 0) is 44.7 Å². The van der Waals surface area contributed by atoms with Crippen LogP contribution in [0.2, 0.25) is 0 Å². The molecule has 2 spiro atoms. The standard InChI is InChI=1S/C17H27N3O3/c1-2-19-12-17(23-15(19)22)5-9-20(10-6-17)14(21)13-11-16(13)3-7-18-8-4-16/h13,18H,2-12H2,1H3. The number of hydrogen-bond donors (Lipinski definition) is 1. The molecule has 1 saturated carbocycles. The van der Waals surface area contributed by atoms with E-state index in [-0.39, 0.29) is 17.6 Å². The first-order valence-corrected chi connectivity index (χ1v) is 9.05. The number of carbonyl (C=O) groups excluding carboxylic acids is 2. The first-order valence-electron chi connectivity index (χ1n) is 9.05. The quantitative estimate of drug-likeness (QED) is 0.830. The predicted octanol–water partition coefficient (Wildman–Crippen LogP) is 1.21. The van der Waals surface area contributed by atoms with Crippen molar-refractivity contribution in [3.05, 3.63) is 0 Å². The van der Waals surface area contributed by atoms with Crippen molar-refractivity contribution < 1.29 is 14.3 Å². The molecule has 3 heterocycles. The van der Waals surface area contributed by atoms with Crippen molar-refractivity contribution in [1.29, 1.82) is 0 Å². The molecule has 4 aliphatic rings. The average molecular weight is 321 g/mol. The van der Waals surface area contributed by atoms with Gasteiger partial charge in [-0.1, -0.05) is 0 Å². The molecule has 23 heavy (non-hydrogen) atoms. The second-order valence-electron chi connectivity index (χ2n) is 7.76. The van der Waals surface area contributed by atoms with E-state index in [1.54, 1.807) is 4.90 Å². The molecule has 0 bridgehead atoms. The first-order chi connectivity index (χ1) is 11.1. The minimum Gasteiger partial charge on any atom is -0.441 e. The van der Waals surface area contributed by atoms with Crippen molar-refractivity contribution in [2.75, 3.05) is 39.3 Å². The molecule has 1 aliphatic carbocycles. The van der Waals surface area contributed by atoms with Crippen LogP contribution in [0.3, 0.4) is 0 Å². The van der Waals surface area contributed by atoms with E-state index in [1.807, 2.05) is 11.8 Å². The molecule has 4 fully saturated rings. The van der Waals surface area contributed by atoms with E-state index in [0.29, 0.717) is 24.4 Å². The highest BCUT2D eigenvalue weighted by atomic mass is 16.6. The number of likely N-dealkylation sites (tertiary alicyclic amines) is 1. The molecule has 128 valence electrons. The second kappa shape index (κ2) is 5.36. The van der Waals surface area contributed by atoms with E-state index in [4.69, 9.17) is 4.74 Å². The minimum absolute atomic E-state index is 0.192. The number of rotatable bonds is 2. The van der Waals surface area contributed by atoms with Gasteiger partial charge in [-0.3, -0.25) is 4.79 Å². The molecule has 1 unspecified atom stereocenters. The van der Waals surface area contributed by atoms with E-state index in [2.05, 4.69) is 5.32 Å². The van der Waals surface area contributed by atoms with Crippen molar-refractivity contribution in [3.8, 4) is 0 Å². The largest absolute Gasteiger partial charge is 0.441 e. The summed E-state index contributed by atoms with van der Waals surface area (Å²) in [6.45, 7) is 6.92. The molecule has 6 nitrogen and oxygen atoms in total. The van der Waals surface area contributed by atoms with Gasteiger partial charge in [0, 0.05) is 38.4 Å². The highest BCUT2D eigenvalue weighted by Crippen LogP contribution is 2.59. The molecule has 1 atom stereocenters. The lowest BCUT2D eigenvalue weighted by atomic mass is 9.89. The Morgan fingerprint density at radius 3 is 2.57 bits per heavy atom. The van der Waals surface area contributed by atoms with E-state index < -0.39 is 0 Å². The number of piperidine rings is 2. The molecule has 1 N–H and O–H groups in total. The molecule has 4 rings (SSSR count). The number of amides is 2. The third-order valence-electron chi connectivity index (χ3n) is 6.50. The zero-order valence-corrected chi connectivity index (χ0v) is 14.0. The van der Waals surface area contributed by atoms with E-state index >= 15 is 0 Å². The van der Waals surface area contributed by atoms with E-state index in [1.165, 1.54) is 0 Å². The zero-order valence-electron chi connectivity index (χ0n) is 14.0. The molecular formula is C17H27N3O3. The van der Waals surface area contributed by atoms with Crippen LogP contribution in [0.15, 0.2) is 0 Å². The summed E-state index contributed by atoms with van der Waals surface area (Å²) in [4.78, 5) is 28.4. The smallest absolute Gasteiger partial charge is 0.410 e. The first kappa shape index (κ1) is 15.2. The fourth-order valence-corrected chi connectivity index (χ4v) is 4.72. The lowest BCUT2D eigenvalue weighted by molar-refractivity contribution is -0.137. The van der Waals surface area contributed by atoms with Gasteiger partial charge in [0.2, 0.25) is 5.91 Å². The lowest BCUT2D eigenvalue weighted by Crippen LogP contribution is -2.49. The number of nitrogens with one attached hydrogen (secondary N) is 1. The lowest BCUT2D eigenvalue weighted by Gasteiger charge is -2.38. The van der Waals surface area contributed by atoms with Gasteiger partial charge in [-0.25, -0.2) is 4.79 Å². The topological polar surface area (TPSA) is 61.9 Å². The molecule has 0 aromatic heterocycles. The summed E-state index contributed by atoms with van der Waals surface area (Å²) in [5, 5.41) is 3.39. The van der Waals surface area contributed by atoms with Gasteiger partial charge in [-0.2, -0.15) is 0 Å². The van der Waals surface area contributed by atoms with Gasteiger partial charge in [0.25, 0.3) is 0 Å². The van der Waals surface area contributed by atoms with Gasteiger partial charge >= 0.3 is 6.09 Å². The number of nitrogens with zero attached hydrogens (tertiary/aromatic N) is 2. The Kier molecular flexibility index (Phi) is 3.55. The third-order valence-corrected chi connectivity index (χ3v) is 6.50. The normalized spacial score (nSPS) is 31.5. The Morgan fingerprint density at radius 1 is 1.26 bits per heavy atom. The van der Waals surface area contributed by atoms with Crippen LogP contribution in [0, 0.1) is 11.3 Å². The Balaban J connectivity index is 1.34. The van der Waals surface area contributed by atoms with Gasteiger partial charge in [-0.15, -0.1) is 0 Å². The minimum atomic E-state index is -0.347. The van der Waals surface area contributed by atoms with Crippen LogP contribution >= 0.6 is 0 Å². The summed E-state index contributed by atoms with van der Waals surface area (Å²) in [7, 11) is 0. The average Bonchev–Trinajstić information content (AvgIpc) is 3.16. The number of likely N-dealkylation sites (N-methyl/N-ethyl adjacent to an activating group) is 1. The van der Waals surface area contributed by atoms with Crippen LogP contribution in [-0.4, -0.2) is 66.7 Å². The highest BCUT2D eigenvalue weighted by Gasteiger charge is 2.59. The van der Waals surface area contributed by atoms with Gasteiger partial charge in [0.1, 0.15) is 5.60 Å². The number of carbonyl (C=O) groups is 2. The molecular weight excluding hydrogens is 294 g/mol. The van der Waals surface area contributed by atoms with Crippen LogP contribution < -0.4 is 5.32 Å². The Labute approximate surface area is 137 Å². The number of ether oxygens (including phenoxy) is 1. The van der Waals surface area contributed by atoms with Crippen LogP contribution in [-0.2, 0) is 9.53 Å². The molecule has 0 aromatic rings. The SMILES string of the molecule is CCN1CC2(CCN(C(=O)C3CC34CCNCC4)CC2)OC1=O. The maximum atomic E-state index is 12.8. The van der Waals surface area contributed by atoms with Crippen molar-refractivity contribution in [1.82, 2.24) is 15.1 Å². The maximum absolute atomic E-state index is 12.8. The van der Waals surface area contributed by atoms with Crippen LogP contribution in [0.5, 0.6) is 0 Å². The van der Waals surface area contributed by atoms with E-state index in [0.717, 1.165) is 58.3 Å². The molecule has 0 radical (unpaired) electrons. The Bertz CT molecular complexity index is 507. The second-order valence-corrected chi connectivity index (χ2v) is 7.76. The highest BCUT2D eigenvalue weighted by molar-refractivity contribution is 5.83. The summed E-state index contributed by atoms with van der Waals surface area (Å²) in [6.07, 6.45) is 4.73. The van der Waals surface area contributed by atoms with Crippen molar-refractivity contribution in [3.63, 3.8) is 0 Å². The Morgan fingerprint density at radius 2 is 1.96 bits per heavy atom. The molecule has 3 aliphatic heterocycles. The summed E-state index contributed by atoms with van der Waals surface area (Å²) < 4.78 is 5.65. The Hall–Kier alpha value is -1.30. The summed E-state index contributed by atoms with van der Waals surface area (Å²) in [5.74, 6) is 0.593. The van der Waals surface area contributed by atoms with Gasteiger partial charge in [0.05, 0.1) is 6.54 Å². The van der Waals surface area contributed by atoms with Gasteiger partial charge < -0.3 is 19.9 Å². The molecule has 0 aromatic carbocycles. The zero-order chi connectivity index (χ0) is 16.1. The van der Waals surface area contributed by atoms with Crippen LogP contribution in [0.1, 0.15) is 39.0 Å². The summed E-state index contributed by atoms with van der Waals surface area (Å²) in [5.41, 5.74) is -0.0455. The molecule has 3 saturated heterocycles. The van der Waals surface area contributed by atoms with E-state index in [9.17, 15) is 9.59 Å². The van der Waals surface area contributed by atoms with Gasteiger partial charge in [0.15, 0.2) is 0 Å². The summed E-state index contributed by atoms with van der Waals surface area (Å²) in [6, 6.07) is 0.